The molecule has 1 aliphatic rings. The van der Waals surface area contributed by atoms with Crippen molar-refractivity contribution in [1.29, 1.82) is 0 Å². The number of alkyl halides is 3. The summed E-state index contributed by atoms with van der Waals surface area (Å²) in [7, 11) is 1.98. The topological polar surface area (TPSA) is 83.4 Å². The second kappa shape index (κ2) is 8.77. The highest BCUT2D eigenvalue weighted by molar-refractivity contribution is 6.04. The van der Waals surface area contributed by atoms with Crippen molar-refractivity contribution in [3.8, 4) is 0 Å². The Morgan fingerprint density at radius 3 is 2.55 bits per heavy atom. The van der Waals surface area contributed by atoms with Gasteiger partial charge in [0.15, 0.2) is 0 Å². The summed E-state index contributed by atoms with van der Waals surface area (Å²) in [6.45, 7) is 2.77. The number of nitrogens with zero attached hydrogens (tertiary/aromatic N) is 5. The van der Waals surface area contributed by atoms with Gasteiger partial charge in [0, 0.05) is 43.8 Å². The molecule has 0 saturated carbocycles. The van der Waals surface area contributed by atoms with Gasteiger partial charge in [-0.2, -0.15) is 18.3 Å². The van der Waals surface area contributed by atoms with Crippen LogP contribution >= 0.6 is 0 Å². The number of aromatic nitrogens is 3. The molecule has 4 rings (SSSR count). The molecule has 0 atom stereocenters. The van der Waals surface area contributed by atoms with Crippen LogP contribution in [0, 0.1) is 5.82 Å². The molecule has 1 N–H and O–H groups in total. The van der Waals surface area contributed by atoms with E-state index in [0.29, 0.717) is 18.5 Å². The normalized spacial score (nSPS) is 15.1. The van der Waals surface area contributed by atoms with E-state index in [1.807, 2.05) is 7.05 Å². The average Bonchev–Trinajstić information content (AvgIpc) is 3.14. The Hall–Kier alpha value is -3.54. The van der Waals surface area contributed by atoms with Crippen molar-refractivity contribution >= 4 is 28.4 Å². The predicted molar refractivity (Wildman–Crippen MR) is 111 cm³/mol. The molecular weight excluding hydrogens is 444 g/mol. The lowest BCUT2D eigenvalue weighted by atomic mass is 10.2. The van der Waals surface area contributed by atoms with Crippen molar-refractivity contribution in [3.63, 3.8) is 0 Å². The molecule has 33 heavy (non-hydrogen) atoms. The second-order valence-electron chi connectivity index (χ2n) is 7.76. The monoisotopic (exact) mass is 464 g/mol. The van der Waals surface area contributed by atoms with E-state index in [1.165, 1.54) is 10.7 Å². The lowest BCUT2D eigenvalue weighted by molar-refractivity contribution is -0.141. The number of halogens is 4. The smallest absolute Gasteiger partial charge is 0.339 e. The van der Waals surface area contributed by atoms with E-state index in [-0.39, 0.29) is 23.7 Å². The fourth-order valence-corrected chi connectivity index (χ4v) is 3.47. The van der Waals surface area contributed by atoms with Crippen LogP contribution in [0.25, 0.3) is 10.9 Å². The van der Waals surface area contributed by atoms with Crippen molar-refractivity contribution in [2.45, 2.75) is 12.7 Å². The SMILES string of the molecule is CN1CCN(C(=O)Cn2cc3cc(NC(=O)c4cccc(C(F)(F)F)n4)c(F)cc3n2)CC1. The van der Waals surface area contributed by atoms with Gasteiger partial charge in [-0.25, -0.2) is 9.37 Å². The number of likely N-dealkylation sites (N-methyl/N-ethyl adjacent to an activating group) is 1. The minimum Gasteiger partial charge on any atom is -0.339 e. The van der Waals surface area contributed by atoms with Crippen molar-refractivity contribution in [3.05, 3.63) is 53.7 Å². The Morgan fingerprint density at radius 1 is 1.12 bits per heavy atom. The molecule has 1 aliphatic heterocycles. The van der Waals surface area contributed by atoms with Gasteiger partial charge in [-0.3, -0.25) is 14.3 Å². The Balaban J connectivity index is 1.50. The highest BCUT2D eigenvalue weighted by Crippen LogP contribution is 2.28. The molecule has 8 nitrogen and oxygen atoms in total. The minimum absolute atomic E-state index is 0.0180. The molecule has 3 heterocycles. The summed E-state index contributed by atoms with van der Waals surface area (Å²) in [5.41, 5.74) is -1.69. The Kier molecular flexibility index (Phi) is 6.02. The van der Waals surface area contributed by atoms with Gasteiger partial charge in [-0.05, 0) is 25.2 Å². The van der Waals surface area contributed by atoms with E-state index in [9.17, 15) is 27.2 Å². The van der Waals surface area contributed by atoms with Crippen LogP contribution < -0.4 is 5.32 Å². The molecule has 1 aromatic carbocycles. The third-order valence-corrected chi connectivity index (χ3v) is 5.31. The van der Waals surface area contributed by atoms with Crippen LogP contribution in [0.15, 0.2) is 36.5 Å². The van der Waals surface area contributed by atoms with Gasteiger partial charge >= 0.3 is 6.18 Å². The number of benzene rings is 1. The van der Waals surface area contributed by atoms with Crippen LogP contribution in [0.4, 0.5) is 23.2 Å². The number of hydrogen-bond acceptors (Lipinski definition) is 5. The van der Waals surface area contributed by atoms with Crippen molar-refractivity contribution in [2.24, 2.45) is 0 Å². The zero-order valence-corrected chi connectivity index (χ0v) is 17.6. The third kappa shape index (κ3) is 5.11. The van der Waals surface area contributed by atoms with Gasteiger partial charge in [0.1, 0.15) is 23.7 Å². The van der Waals surface area contributed by atoms with E-state index in [0.717, 1.165) is 37.4 Å². The maximum atomic E-state index is 14.5. The van der Waals surface area contributed by atoms with Gasteiger partial charge in [-0.15, -0.1) is 0 Å². The number of carbonyl (C=O) groups excluding carboxylic acids is 2. The zero-order valence-electron chi connectivity index (χ0n) is 17.6. The second-order valence-corrected chi connectivity index (χ2v) is 7.76. The number of fused-ring (bicyclic) bond motifs is 1. The molecule has 1 fully saturated rings. The molecule has 2 amide bonds. The standard InChI is InChI=1S/C21H20F4N6O2/c1-29-5-7-30(8-6-29)19(32)12-31-11-13-9-17(14(22)10-16(13)28-31)27-20(33)15-3-2-4-18(26-15)21(23,24)25/h2-4,9-11H,5-8,12H2,1H3,(H,27,33). The largest absolute Gasteiger partial charge is 0.433 e. The highest BCUT2D eigenvalue weighted by atomic mass is 19.4. The van der Waals surface area contributed by atoms with Crippen LogP contribution in [0.3, 0.4) is 0 Å². The molecule has 174 valence electrons. The molecule has 0 unspecified atom stereocenters. The first-order valence-corrected chi connectivity index (χ1v) is 10.1. The lowest BCUT2D eigenvalue weighted by Crippen LogP contribution is -2.48. The number of anilines is 1. The summed E-state index contributed by atoms with van der Waals surface area (Å²) >= 11 is 0. The summed E-state index contributed by atoms with van der Waals surface area (Å²) in [5.74, 6) is -1.92. The Bertz CT molecular complexity index is 1200. The summed E-state index contributed by atoms with van der Waals surface area (Å²) in [6, 6.07) is 5.28. The van der Waals surface area contributed by atoms with Crippen LogP contribution in [0.1, 0.15) is 16.2 Å². The number of carbonyl (C=O) groups is 2. The third-order valence-electron chi connectivity index (χ3n) is 5.31. The molecule has 0 radical (unpaired) electrons. The summed E-state index contributed by atoms with van der Waals surface area (Å²) < 4.78 is 54.4. The fourth-order valence-electron chi connectivity index (χ4n) is 3.47. The summed E-state index contributed by atoms with van der Waals surface area (Å²) in [6.07, 6.45) is -3.17. The van der Waals surface area contributed by atoms with E-state index >= 15 is 0 Å². The van der Waals surface area contributed by atoms with Gasteiger partial charge < -0.3 is 15.1 Å². The van der Waals surface area contributed by atoms with Crippen LogP contribution in [-0.2, 0) is 17.5 Å². The number of piperazine rings is 1. The fraction of sp³-hybridized carbons (Fsp3) is 0.333. The van der Waals surface area contributed by atoms with E-state index in [1.54, 1.807) is 11.1 Å². The van der Waals surface area contributed by atoms with Gasteiger partial charge in [0.25, 0.3) is 5.91 Å². The number of pyridine rings is 1. The van der Waals surface area contributed by atoms with Crippen molar-refractivity contribution in [2.75, 3.05) is 38.5 Å². The van der Waals surface area contributed by atoms with Crippen LogP contribution in [-0.4, -0.2) is 69.6 Å². The van der Waals surface area contributed by atoms with E-state index in [2.05, 4.69) is 20.3 Å². The van der Waals surface area contributed by atoms with Crippen LogP contribution in [0.2, 0.25) is 0 Å². The first-order chi connectivity index (χ1) is 15.6. The summed E-state index contributed by atoms with van der Waals surface area (Å²) in [4.78, 5) is 32.0. The van der Waals surface area contributed by atoms with E-state index < -0.39 is 29.3 Å². The summed E-state index contributed by atoms with van der Waals surface area (Å²) in [5, 5.41) is 6.91. The maximum Gasteiger partial charge on any atom is 0.433 e. The number of amides is 2. The quantitative estimate of drug-likeness (QED) is 0.601. The maximum absolute atomic E-state index is 14.5. The highest BCUT2D eigenvalue weighted by Gasteiger charge is 2.33. The number of rotatable bonds is 4. The lowest BCUT2D eigenvalue weighted by Gasteiger charge is -2.32. The zero-order chi connectivity index (χ0) is 23.8. The Labute approximate surface area is 185 Å². The van der Waals surface area contributed by atoms with E-state index in [4.69, 9.17) is 0 Å². The van der Waals surface area contributed by atoms with Crippen molar-refractivity contribution < 1.29 is 27.2 Å². The first-order valence-electron chi connectivity index (χ1n) is 10.1. The molecule has 0 bridgehead atoms. The molecule has 12 heteroatoms. The predicted octanol–water partition coefficient (Wildman–Crippen LogP) is 2.62. The molecule has 0 aliphatic carbocycles. The van der Waals surface area contributed by atoms with Crippen molar-refractivity contribution in [1.82, 2.24) is 24.6 Å². The number of hydrogen-bond donors (Lipinski definition) is 1. The van der Waals surface area contributed by atoms with Gasteiger partial charge in [0.05, 0.1) is 11.2 Å². The van der Waals surface area contributed by atoms with Gasteiger partial charge in [-0.1, -0.05) is 6.07 Å². The molecular formula is C21H20F4N6O2. The minimum atomic E-state index is -4.71. The molecule has 3 aromatic rings. The average molecular weight is 464 g/mol. The Morgan fingerprint density at radius 2 is 1.85 bits per heavy atom. The first kappa shape index (κ1) is 22.6. The molecule has 0 spiro atoms. The number of nitrogens with one attached hydrogen (secondary N) is 1. The van der Waals surface area contributed by atoms with Crippen LogP contribution in [0.5, 0.6) is 0 Å². The molecule has 1 saturated heterocycles. The van der Waals surface area contributed by atoms with Gasteiger partial charge in [0.2, 0.25) is 5.91 Å². The molecule has 2 aromatic heterocycles.